The van der Waals surface area contributed by atoms with E-state index in [0.29, 0.717) is 30.9 Å². The normalized spacial score (nSPS) is 14.7. The predicted octanol–water partition coefficient (Wildman–Crippen LogP) is 4.17. The Morgan fingerprint density at radius 1 is 0.974 bits per heavy atom. The molecular weight excluding hydrogens is 505 g/mol. The maximum absolute atomic E-state index is 13.6. The van der Waals surface area contributed by atoms with Gasteiger partial charge in [0, 0.05) is 49.5 Å². The summed E-state index contributed by atoms with van der Waals surface area (Å²) < 4.78 is 45.6. The lowest BCUT2D eigenvalue weighted by atomic mass is 10.2. The number of carboxylic acid groups (broad SMARTS) is 1. The molecule has 38 heavy (non-hydrogen) atoms. The van der Waals surface area contributed by atoms with Crippen molar-refractivity contribution in [2.24, 2.45) is 0 Å². The van der Waals surface area contributed by atoms with Crippen molar-refractivity contribution in [2.75, 3.05) is 42.9 Å². The second kappa shape index (κ2) is 11.5. The third-order valence-corrected chi connectivity index (χ3v) is 6.09. The number of hydrogen-bond donors (Lipinski definition) is 2. The molecule has 0 saturated carbocycles. The molecule has 12 heteroatoms. The summed E-state index contributed by atoms with van der Waals surface area (Å²) in [5.74, 6) is -5.06. The third kappa shape index (κ3) is 6.57. The van der Waals surface area contributed by atoms with Gasteiger partial charge in [-0.2, -0.15) is 13.2 Å². The van der Waals surface area contributed by atoms with Crippen LogP contribution in [-0.4, -0.2) is 65.4 Å². The third-order valence-electron chi connectivity index (χ3n) is 6.09. The number of carbonyl (C=O) groups excluding carboxylic acids is 2. The number of aromatic nitrogens is 1. The number of hydrogen-bond acceptors (Lipinski definition) is 7. The first-order chi connectivity index (χ1) is 18.1. The molecule has 200 valence electrons. The van der Waals surface area contributed by atoms with Crippen LogP contribution in [-0.2, 0) is 15.8 Å². The molecule has 3 aromatic rings. The summed E-state index contributed by atoms with van der Waals surface area (Å²) in [5, 5.41) is 11.2. The fourth-order valence-electron chi connectivity index (χ4n) is 4.14. The number of nitrogens with one attached hydrogen (secondary N) is 1. The Balaban J connectivity index is 1.41. The fraction of sp³-hybridized carbons (Fsp3) is 0.308. The second-order valence-corrected chi connectivity index (χ2v) is 8.72. The van der Waals surface area contributed by atoms with Gasteiger partial charge in [-0.1, -0.05) is 18.2 Å². The molecule has 0 radical (unpaired) electrons. The summed E-state index contributed by atoms with van der Waals surface area (Å²) in [5.41, 5.74) is 0.607. The zero-order valence-electron chi connectivity index (χ0n) is 20.2. The topological polar surface area (TPSA) is 116 Å². The monoisotopic (exact) mass is 530 g/mol. The van der Waals surface area contributed by atoms with Gasteiger partial charge in [0.05, 0.1) is 0 Å². The molecule has 0 aliphatic carbocycles. The van der Waals surface area contributed by atoms with Crippen molar-refractivity contribution in [1.82, 2.24) is 9.88 Å². The smallest absolute Gasteiger partial charge is 0.452 e. The molecule has 1 aliphatic heterocycles. The minimum absolute atomic E-state index is 0.0435. The van der Waals surface area contributed by atoms with Crippen molar-refractivity contribution < 1.29 is 37.1 Å². The van der Waals surface area contributed by atoms with E-state index in [-0.39, 0.29) is 12.3 Å². The number of halogens is 3. The number of alkyl halides is 3. The maximum atomic E-state index is 13.6. The average Bonchev–Trinajstić information content (AvgIpc) is 3.23. The van der Waals surface area contributed by atoms with Crippen molar-refractivity contribution in [1.29, 1.82) is 0 Å². The van der Waals surface area contributed by atoms with Crippen LogP contribution in [0.1, 0.15) is 29.1 Å². The van der Waals surface area contributed by atoms with Crippen LogP contribution >= 0.6 is 0 Å². The van der Waals surface area contributed by atoms with Crippen LogP contribution in [0.2, 0.25) is 0 Å². The minimum atomic E-state index is -4.90. The lowest BCUT2D eigenvalue weighted by molar-refractivity contribution is -0.153. The number of Topliss-reactive ketones (excluding diaryl/α,β-unsaturated/α-hetero) is 1. The van der Waals surface area contributed by atoms with E-state index in [9.17, 15) is 27.6 Å². The van der Waals surface area contributed by atoms with Gasteiger partial charge in [0.1, 0.15) is 0 Å². The number of nitrogens with zero attached hydrogens (tertiary/aromatic N) is 3. The lowest BCUT2D eigenvalue weighted by Gasteiger charge is -2.23. The summed E-state index contributed by atoms with van der Waals surface area (Å²) in [6, 6.07) is 14.7. The van der Waals surface area contributed by atoms with E-state index in [0.717, 1.165) is 25.2 Å². The number of carbonyl (C=O) groups is 3. The van der Waals surface area contributed by atoms with E-state index < -0.39 is 35.3 Å². The van der Waals surface area contributed by atoms with Crippen LogP contribution in [0.3, 0.4) is 0 Å². The molecule has 0 spiro atoms. The van der Waals surface area contributed by atoms with E-state index in [1.54, 1.807) is 42.5 Å². The minimum Gasteiger partial charge on any atom is -0.476 e. The van der Waals surface area contributed by atoms with Gasteiger partial charge in [-0.25, -0.2) is 9.78 Å². The van der Waals surface area contributed by atoms with Crippen molar-refractivity contribution in [2.45, 2.75) is 19.0 Å². The Labute approximate surface area is 215 Å². The number of anilines is 2. The van der Waals surface area contributed by atoms with Crippen LogP contribution < -0.4 is 10.2 Å². The standard InChI is InChI=1S/C26H25F3N4O5/c27-26(28,29)22-21(31-24(38-22)17-5-2-1-3-6-17)23(35)30-18-7-9-19(10-8-18)33-13-4-12-32(15-16-33)14-11-20(34)25(36)37/h1-3,5-10H,4,11-16H2,(H,30,35)(H,36,37). The molecule has 4 rings (SSSR count). The van der Waals surface area contributed by atoms with E-state index >= 15 is 0 Å². The van der Waals surface area contributed by atoms with Gasteiger partial charge >= 0.3 is 12.1 Å². The summed E-state index contributed by atoms with van der Waals surface area (Å²) >= 11 is 0. The van der Waals surface area contributed by atoms with Crippen LogP contribution in [0.5, 0.6) is 0 Å². The number of rotatable bonds is 8. The molecule has 1 aromatic heterocycles. The summed E-state index contributed by atoms with van der Waals surface area (Å²) in [6.07, 6.45) is -4.15. The van der Waals surface area contributed by atoms with Crippen LogP contribution in [0.4, 0.5) is 24.5 Å². The maximum Gasteiger partial charge on any atom is 0.452 e. The highest BCUT2D eigenvalue weighted by atomic mass is 19.4. The summed E-state index contributed by atoms with van der Waals surface area (Å²) in [7, 11) is 0. The number of carboxylic acids is 1. The van der Waals surface area contributed by atoms with E-state index in [1.807, 2.05) is 4.90 Å². The van der Waals surface area contributed by atoms with Crippen molar-refractivity contribution in [3.05, 3.63) is 66.1 Å². The number of oxazole rings is 1. The number of aliphatic carboxylic acids is 1. The average molecular weight is 531 g/mol. The zero-order chi connectivity index (χ0) is 27.3. The van der Waals surface area contributed by atoms with Gasteiger partial charge in [0.2, 0.25) is 17.4 Å². The quantitative estimate of drug-likeness (QED) is 0.417. The molecule has 0 bridgehead atoms. The predicted molar refractivity (Wildman–Crippen MR) is 132 cm³/mol. The lowest BCUT2D eigenvalue weighted by Crippen LogP contribution is -2.32. The van der Waals surface area contributed by atoms with E-state index in [4.69, 9.17) is 9.52 Å². The summed E-state index contributed by atoms with van der Waals surface area (Å²) in [4.78, 5) is 42.8. The molecule has 2 N–H and O–H groups in total. The first-order valence-corrected chi connectivity index (χ1v) is 11.9. The van der Waals surface area contributed by atoms with Crippen molar-refractivity contribution in [3.8, 4) is 11.5 Å². The molecule has 0 atom stereocenters. The molecule has 1 amide bonds. The number of benzene rings is 2. The second-order valence-electron chi connectivity index (χ2n) is 8.72. The highest BCUT2D eigenvalue weighted by Crippen LogP contribution is 2.35. The molecule has 2 heterocycles. The number of ketones is 1. The molecule has 2 aromatic carbocycles. The Bertz CT molecular complexity index is 1290. The van der Waals surface area contributed by atoms with Gasteiger partial charge in [-0.15, -0.1) is 0 Å². The molecule has 1 saturated heterocycles. The van der Waals surface area contributed by atoms with Crippen molar-refractivity contribution >= 4 is 29.0 Å². The van der Waals surface area contributed by atoms with Gasteiger partial charge < -0.3 is 24.6 Å². The highest BCUT2D eigenvalue weighted by molar-refractivity contribution is 6.32. The molecular formula is C26H25F3N4O5. The fourth-order valence-corrected chi connectivity index (χ4v) is 4.14. The van der Waals surface area contributed by atoms with Gasteiger partial charge in [0.15, 0.2) is 5.69 Å². The SMILES string of the molecule is O=C(O)C(=O)CCN1CCCN(c2ccc(NC(=O)c3nc(-c4ccccc4)oc3C(F)(F)F)cc2)CC1. The van der Waals surface area contributed by atoms with E-state index in [2.05, 4.69) is 15.2 Å². The number of amides is 1. The highest BCUT2D eigenvalue weighted by Gasteiger charge is 2.42. The molecule has 1 fully saturated rings. The van der Waals surface area contributed by atoms with Gasteiger partial charge in [-0.05, 0) is 49.4 Å². The summed E-state index contributed by atoms with van der Waals surface area (Å²) in [6.45, 7) is 3.11. The van der Waals surface area contributed by atoms with Gasteiger partial charge in [0.25, 0.3) is 5.91 Å². The molecule has 1 aliphatic rings. The Hall–Kier alpha value is -4.19. The Kier molecular flexibility index (Phi) is 8.10. The van der Waals surface area contributed by atoms with Gasteiger partial charge in [-0.3, -0.25) is 9.59 Å². The van der Waals surface area contributed by atoms with Crippen LogP contribution in [0.25, 0.3) is 11.5 Å². The Morgan fingerprint density at radius 2 is 1.68 bits per heavy atom. The zero-order valence-corrected chi connectivity index (χ0v) is 20.2. The van der Waals surface area contributed by atoms with Crippen LogP contribution in [0.15, 0.2) is 59.0 Å². The molecule has 0 unspecified atom stereocenters. The van der Waals surface area contributed by atoms with Crippen molar-refractivity contribution in [3.63, 3.8) is 0 Å². The van der Waals surface area contributed by atoms with E-state index in [1.165, 1.54) is 12.1 Å². The van der Waals surface area contributed by atoms with Crippen LogP contribution in [0, 0.1) is 0 Å². The Morgan fingerprint density at radius 3 is 2.34 bits per heavy atom. The first-order valence-electron chi connectivity index (χ1n) is 11.9. The first kappa shape index (κ1) is 26.9. The molecule has 9 nitrogen and oxygen atoms in total. The largest absolute Gasteiger partial charge is 0.476 e.